The quantitative estimate of drug-likeness (QED) is 0.111. The van der Waals surface area contributed by atoms with Gasteiger partial charge in [-0.05, 0) is 22.3 Å². The average Bonchev–Trinajstić information content (AvgIpc) is 3.50. The van der Waals surface area contributed by atoms with Crippen LogP contribution in [0.2, 0.25) is 0 Å². The molecule has 0 aromatic heterocycles. The van der Waals surface area contributed by atoms with Gasteiger partial charge in [0.15, 0.2) is 0 Å². The Balaban J connectivity index is 1.68. The van der Waals surface area contributed by atoms with Crippen LogP contribution in [0.4, 0.5) is 13.2 Å². The molecule has 0 spiro atoms. The first-order valence-corrected chi connectivity index (χ1v) is 14.4. The van der Waals surface area contributed by atoms with Crippen LogP contribution in [-0.4, -0.2) is 52.2 Å². The standard InChI is InChI=1S/C35H33BF3NO5/c1-41-33(26-16-7-3-8-17-26,27-18-9-4-10-19-27)30-31(45-36(44-30)24-15-25-43-32(40)35(37,38)39)34(42-2,28-20-11-5-12-21-28)29-22-13-6-14-23-29/h3-24,30-31,40H,25H2,1-2H3/b24-15+,40-32?/t30-,31-/m1/s1. The van der Waals surface area contributed by atoms with E-state index in [9.17, 15) is 13.2 Å². The van der Waals surface area contributed by atoms with Crippen LogP contribution in [0.15, 0.2) is 133 Å². The monoisotopic (exact) mass is 615 g/mol. The predicted molar refractivity (Wildman–Crippen MR) is 166 cm³/mol. The fourth-order valence-corrected chi connectivity index (χ4v) is 5.99. The largest absolute Gasteiger partial charge is 0.486 e. The Labute approximate surface area is 261 Å². The van der Waals surface area contributed by atoms with Crippen molar-refractivity contribution in [3.8, 4) is 0 Å². The third-order valence-corrected chi connectivity index (χ3v) is 7.97. The van der Waals surface area contributed by atoms with E-state index in [1.165, 1.54) is 12.1 Å². The molecule has 10 heteroatoms. The first-order valence-electron chi connectivity index (χ1n) is 14.4. The molecule has 0 amide bonds. The highest BCUT2D eigenvalue weighted by Gasteiger charge is 2.61. The molecule has 1 fully saturated rings. The summed E-state index contributed by atoms with van der Waals surface area (Å²) >= 11 is 0. The van der Waals surface area contributed by atoms with Gasteiger partial charge in [-0.1, -0.05) is 133 Å². The predicted octanol–water partition coefficient (Wildman–Crippen LogP) is 7.09. The zero-order valence-corrected chi connectivity index (χ0v) is 24.8. The fraction of sp³-hybridized carbons (Fsp3) is 0.229. The summed E-state index contributed by atoms with van der Waals surface area (Å²) in [7, 11) is 2.19. The number of nitrogens with one attached hydrogen (secondary N) is 1. The van der Waals surface area contributed by atoms with Crippen molar-refractivity contribution < 1.29 is 36.7 Å². The molecule has 0 radical (unpaired) electrons. The summed E-state index contributed by atoms with van der Waals surface area (Å²) < 4.78 is 69.5. The summed E-state index contributed by atoms with van der Waals surface area (Å²) in [6, 6.07) is 38.6. The molecule has 4 aromatic carbocycles. The molecular formula is C35H33BF3NO5. The molecule has 0 aliphatic carbocycles. The number of rotatable bonds is 11. The highest BCUT2D eigenvalue weighted by Crippen LogP contribution is 2.50. The van der Waals surface area contributed by atoms with E-state index in [1.807, 2.05) is 121 Å². The lowest BCUT2D eigenvalue weighted by molar-refractivity contribution is -0.136. The van der Waals surface area contributed by atoms with E-state index in [1.54, 1.807) is 14.2 Å². The number of alkyl halides is 3. The van der Waals surface area contributed by atoms with Crippen LogP contribution in [0.25, 0.3) is 0 Å². The highest BCUT2D eigenvalue weighted by molar-refractivity contribution is 6.51. The summed E-state index contributed by atoms with van der Waals surface area (Å²) in [6.45, 7) is -0.503. The number of methoxy groups -OCH3 is 2. The molecule has 45 heavy (non-hydrogen) atoms. The van der Waals surface area contributed by atoms with Crippen LogP contribution >= 0.6 is 0 Å². The summed E-state index contributed by atoms with van der Waals surface area (Å²) in [4.78, 5) is 0. The lowest BCUT2D eigenvalue weighted by Gasteiger charge is -2.46. The van der Waals surface area contributed by atoms with Gasteiger partial charge in [-0.2, -0.15) is 13.2 Å². The van der Waals surface area contributed by atoms with Gasteiger partial charge in [-0.15, -0.1) is 0 Å². The van der Waals surface area contributed by atoms with Gasteiger partial charge < -0.3 is 23.5 Å². The van der Waals surface area contributed by atoms with Gasteiger partial charge in [-0.25, -0.2) is 0 Å². The minimum absolute atomic E-state index is 0.503. The minimum Gasteiger partial charge on any atom is -0.470 e. The van der Waals surface area contributed by atoms with E-state index in [2.05, 4.69) is 4.74 Å². The molecule has 1 aliphatic heterocycles. The fourth-order valence-electron chi connectivity index (χ4n) is 5.99. The Kier molecular flexibility index (Phi) is 9.89. The molecule has 4 aromatic rings. The van der Waals surface area contributed by atoms with Gasteiger partial charge >= 0.3 is 13.3 Å². The van der Waals surface area contributed by atoms with Crippen molar-refractivity contribution in [2.75, 3.05) is 20.8 Å². The Morgan fingerprint density at radius 1 is 0.667 bits per heavy atom. The van der Waals surface area contributed by atoms with Gasteiger partial charge in [0.05, 0.1) is 0 Å². The molecule has 2 atom stereocenters. The molecule has 0 unspecified atom stereocenters. The van der Waals surface area contributed by atoms with E-state index < -0.39 is 49.2 Å². The van der Waals surface area contributed by atoms with Crippen molar-refractivity contribution in [1.82, 2.24) is 0 Å². The number of hydrogen-bond donors (Lipinski definition) is 1. The lowest BCUT2D eigenvalue weighted by atomic mass is 9.71. The van der Waals surface area contributed by atoms with Crippen molar-refractivity contribution in [3.63, 3.8) is 0 Å². The number of hydrogen-bond acceptors (Lipinski definition) is 6. The molecule has 1 aliphatic rings. The Morgan fingerprint density at radius 2 is 1.00 bits per heavy atom. The Morgan fingerprint density at radius 3 is 1.29 bits per heavy atom. The van der Waals surface area contributed by atoms with Crippen molar-refractivity contribution in [3.05, 3.63) is 156 Å². The number of ether oxygens (including phenoxy) is 3. The van der Waals surface area contributed by atoms with Gasteiger partial charge in [0.1, 0.15) is 30.0 Å². The topological polar surface area (TPSA) is 70.0 Å². The van der Waals surface area contributed by atoms with Crippen molar-refractivity contribution in [2.45, 2.75) is 29.6 Å². The van der Waals surface area contributed by atoms with Crippen LogP contribution in [0.1, 0.15) is 22.3 Å². The van der Waals surface area contributed by atoms with Crippen LogP contribution in [0.3, 0.4) is 0 Å². The first-order chi connectivity index (χ1) is 21.8. The van der Waals surface area contributed by atoms with Gasteiger partial charge in [-0.3, -0.25) is 5.41 Å². The smallest absolute Gasteiger partial charge is 0.470 e. The third-order valence-electron chi connectivity index (χ3n) is 7.97. The maximum Gasteiger partial charge on any atom is 0.486 e. The maximum atomic E-state index is 12.8. The van der Waals surface area contributed by atoms with Crippen LogP contribution in [0.5, 0.6) is 0 Å². The summed E-state index contributed by atoms with van der Waals surface area (Å²) in [6.07, 6.45) is -5.27. The molecule has 1 saturated heterocycles. The van der Waals surface area contributed by atoms with Crippen LogP contribution < -0.4 is 0 Å². The molecule has 0 bridgehead atoms. The van der Waals surface area contributed by atoms with Gasteiger partial charge in [0.2, 0.25) is 0 Å². The maximum absolute atomic E-state index is 12.8. The zero-order chi connectivity index (χ0) is 31.9. The van der Waals surface area contributed by atoms with Crippen molar-refractivity contribution >= 4 is 13.0 Å². The van der Waals surface area contributed by atoms with Crippen molar-refractivity contribution in [1.29, 1.82) is 5.41 Å². The second kappa shape index (κ2) is 13.8. The second-order valence-corrected chi connectivity index (χ2v) is 10.4. The average molecular weight is 615 g/mol. The van der Waals surface area contributed by atoms with E-state index in [0.717, 1.165) is 22.3 Å². The van der Waals surface area contributed by atoms with Gasteiger partial charge in [0, 0.05) is 14.2 Å². The third kappa shape index (κ3) is 6.32. The normalized spacial score (nSPS) is 17.5. The van der Waals surface area contributed by atoms with Crippen molar-refractivity contribution in [2.24, 2.45) is 0 Å². The Hall–Kier alpha value is -4.22. The Bertz CT molecular complexity index is 1380. The van der Waals surface area contributed by atoms with Crippen LogP contribution in [-0.2, 0) is 34.7 Å². The van der Waals surface area contributed by atoms with E-state index in [4.69, 9.17) is 24.2 Å². The SMILES string of the molecule is COC(c1ccccc1)(c1ccccc1)[C@@H]1OB(/C=C/COC(=N)C(F)(F)F)O[C@H]1C(OC)(c1ccccc1)c1ccccc1. The molecule has 232 valence electrons. The molecule has 1 heterocycles. The van der Waals surface area contributed by atoms with Gasteiger partial charge in [0.25, 0.3) is 5.90 Å². The highest BCUT2D eigenvalue weighted by atomic mass is 19.4. The van der Waals surface area contributed by atoms with E-state index in [-0.39, 0.29) is 0 Å². The lowest BCUT2D eigenvalue weighted by Crippen LogP contribution is -2.56. The van der Waals surface area contributed by atoms with E-state index in [0.29, 0.717) is 0 Å². The molecule has 6 nitrogen and oxygen atoms in total. The molecule has 5 rings (SSSR count). The molecular weight excluding hydrogens is 582 g/mol. The second-order valence-electron chi connectivity index (χ2n) is 10.4. The summed E-state index contributed by atoms with van der Waals surface area (Å²) in [5.41, 5.74) is 0.755. The van der Waals surface area contributed by atoms with Crippen LogP contribution in [0, 0.1) is 5.41 Å². The minimum atomic E-state index is -4.88. The number of benzene rings is 4. The summed E-state index contributed by atoms with van der Waals surface area (Å²) in [5.74, 6) is -0.307. The molecule has 1 N–H and O–H groups in total. The van der Waals surface area contributed by atoms with E-state index >= 15 is 0 Å². The molecule has 0 saturated carbocycles. The number of halogens is 3. The summed E-state index contributed by atoms with van der Waals surface area (Å²) in [5, 5.41) is 7.11. The first kappa shape index (κ1) is 32.2. The zero-order valence-electron chi connectivity index (χ0n) is 24.8.